The topological polar surface area (TPSA) is 20.2 Å². The molecule has 0 radical (unpaired) electrons. The Morgan fingerprint density at radius 3 is 1.82 bits per heavy atom. The second-order valence-electron chi connectivity index (χ2n) is 2.42. The highest BCUT2D eigenvalue weighted by atomic mass is 79.9. The molecule has 2 heteroatoms. The first kappa shape index (κ1) is 14.0. The second-order valence-corrected chi connectivity index (χ2v) is 3.21. The lowest BCUT2D eigenvalue weighted by molar-refractivity contribution is 0.318. The molecule has 0 saturated carbocycles. The smallest absolute Gasteiger partial charge is 0.0402 e. The Hall–Kier alpha value is 0.440. The maximum Gasteiger partial charge on any atom is 0.0402 e. The molecule has 1 nitrogen and oxygen atoms in total. The van der Waals surface area contributed by atoms with Gasteiger partial charge in [0.05, 0.1) is 0 Å². The van der Waals surface area contributed by atoms with Crippen LogP contribution in [0, 0.1) is 0 Å². The summed E-state index contributed by atoms with van der Waals surface area (Å²) in [6.07, 6.45) is 6.93. The number of unbranched alkanes of at least 4 members (excludes halogenated alkanes) is 4. The van der Waals surface area contributed by atoms with Crippen molar-refractivity contribution in [1.82, 2.24) is 0 Å². The number of halogens is 1. The fourth-order valence-corrected chi connectivity index (χ4v) is 1.09. The quantitative estimate of drug-likeness (QED) is 0.562. The largest absolute Gasteiger partial charge is 0.397 e. The monoisotopic (exact) mass is 224 g/mol. The van der Waals surface area contributed by atoms with Gasteiger partial charge in [-0.2, -0.15) is 0 Å². The van der Waals surface area contributed by atoms with Crippen LogP contribution in [0.1, 0.15) is 46.0 Å². The summed E-state index contributed by atoms with van der Waals surface area (Å²) in [7, 11) is 0. The molecule has 0 aliphatic rings. The zero-order chi connectivity index (χ0) is 8.95. The average molecular weight is 225 g/mol. The summed E-state index contributed by atoms with van der Waals surface area (Å²) in [6, 6.07) is 0. The van der Waals surface area contributed by atoms with Crippen LogP contribution < -0.4 is 0 Å². The minimum atomic E-state index is 0.250. The molecule has 0 aliphatic heterocycles. The van der Waals surface area contributed by atoms with E-state index in [2.05, 4.69) is 22.9 Å². The third-order valence-corrected chi connectivity index (χ3v) is 1.80. The molecule has 0 rings (SSSR count). The van der Waals surface area contributed by atoms with E-state index >= 15 is 0 Å². The minimum absolute atomic E-state index is 0.250. The number of alkyl halides is 1. The van der Waals surface area contributed by atoms with Gasteiger partial charge in [-0.3, -0.25) is 0 Å². The Morgan fingerprint density at radius 2 is 1.45 bits per heavy atom. The van der Waals surface area contributed by atoms with Crippen LogP contribution in [0.4, 0.5) is 0 Å². The molecule has 0 amide bonds. The summed E-state index contributed by atoms with van der Waals surface area (Å²) in [5.74, 6) is 0. The van der Waals surface area contributed by atoms with Gasteiger partial charge in [-0.25, -0.2) is 0 Å². The molecule has 0 aromatic rings. The molecule has 0 unspecified atom stereocenters. The highest BCUT2D eigenvalue weighted by molar-refractivity contribution is 9.09. The molecule has 11 heavy (non-hydrogen) atoms. The highest BCUT2D eigenvalue weighted by Gasteiger charge is 1.84. The van der Waals surface area contributed by atoms with Crippen molar-refractivity contribution in [2.45, 2.75) is 46.0 Å². The first-order valence-corrected chi connectivity index (χ1v) is 5.62. The maximum atomic E-state index is 7.57. The molecule has 0 aromatic heterocycles. The molecule has 0 aliphatic carbocycles. The summed E-state index contributed by atoms with van der Waals surface area (Å²) < 4.78 is 0. The Morgan fingerprint density at radius 1 is 1.00 bits per heavy atom. The lowest BCUT2D eigenvalue weighted by Gasteiger charge is -1.93. The first-order valence-electron chi connectivity index (χ1n) is 4.50. The van der Waals surface area contributed by atoms with Crippen LogP contribution in [0.15, 0.2) is 0 Å². The van der Waals surface area contributed by atoms with Gasteiger partial charge in [-0.05, 0) is 13.3 Å². The zero-order valence-electron chi connectivity index (χ0n) is 7.77. The van der Waals surface area contributed by atoms with E-state index in [1.807, 2.05) is 0 Å². The summed E-state index contributed by atoms with van der Waals surface area (Å²) in [5.41, 5.74) is 0. The van der Waals surface area contributed by atoms with Gasteiger partial charge in [-0.1, -0.05) is 48.5 Å². The van der Waals surface area contributed by atoms with Crippen LogP contribution in [0.2, 0.25) is 0 Å². The third-order valence-electron chi connectivity index (χ3n) is 1.24. The van der Waals surface area contributed by atoms with Crippen molar-refractivity contribution < 1.29 is 5.11 Å². The lowest BCUT2D eigenvalue weighted by atomic mass is 10.2. The fraction of sp³-hybridized carbons (Fsp3) is 1.00. The van der Waals surface area contributed by atoms with Gasteiger partial charge in [0.15, 0.2) is 0 Å². The molecule has 0 atom stereocenters. The lowest BCUT2D eigenvalue weighted by Crippen LogP contribution is -1.76. The van der Waals surface area contributed by atoms with Gasteiger partial charge in [0, 0.05) is 11.9 Å². The van der Waals surface area contributed by atoms with Gasteiger partial charge in [0.2, 0.25) is 0 Å². The second kappa shape index (κ2) is 16.8. The molecular formula is C9H21BrO. The Kier molecular flexibility index (Phi) is 21.4. The van der Waals surface area contributed by atoms with Crippen molar-refractivity contribution in [1.29, 1.82) is 0 Å². The van der Waals surface area contributed by atoms with Crippen molar-refractivity contribution in [3.63, 3.8) is 0 Å². The van der Waals surface area contributed by atoms with E-state index in [1.54, 1.807) is 6.92 Å². The Balaban J connectivity index is 0. The van der Waals surface area contributed by atoms with E-state index in [4.69, 9.17) is 5.11 Å². The number of hydrogen-bond donors (Lipinski definition) is 1. The van der Waals surface area contributed by atoms with E-state index in [1.165, 1.54) is 37.4 Å². The van der Waals surface area contributed by atoms with Gasteiger partial charge < -0.3 is 5.11 Å². The van der Waals surface area contributed by atoms with Crippen molar-refractivity contribution in [2.24, 2.45) is 0 Å². The molecular weight excluding hydrogens is 204 g/mol. The van der Waals surface area contributed by atoms with Crippen molar-refractivity contribution in [2.75, 3.05) is 11.9 Å². The van der Waals surface area contributed by atoms with Gasteiger partial charge >= 0.3 is 0 Å². The predicted octanol–water partition coefficient (Wildman–Crippen LogP) is 3.35. The molecule has 0 fully saturated rings. The highest BCUT2D eigenvalue weighted by Crippen LogP contribution is 2.03. The number of aliphatic hydroxyl groups is 1. The summed E-state index contributed by atoms with van der Waals surface area (Å²) in [5, 5.41) is 8.75. The molecule has 0 spiro atoms. The normalized spacial score (nSPS) is 8.73. The maximum absolute atomic E-state index is 7.57. The van der Waals surface area contributed by atoms with Gasteiger partial charge in [0.25, 0.3) is 0 Å². The van der Waals surface area contributed by atoms with E-state index in [0.29, 0.717) is 0 Å². The van der Waals surface area contributed by atoms with E-state index in [9.17, 15) is 0 Å². The van der Waals surface area contributed by atoms with Crippen molar-refractivity contribution in [3.8, 4) is 0 Å². The number of rotatable bonds is 5. The van der Waals surface area contributed by atoms with Crippen LogP contribution in [0.5, 0.6) is 0 Å². The predicted molar refractivity (Wildman–Crippen MR) is 55.3 cm³/mol. The molecule has 0 heterocycles. The molecule has 1 N–H and O–H groups in total. The van der Waals surface area contributed by atoms with Crippen molar-refractivity contribution >= 4 is 15.9 Å². The molecule has 70 valence electrons. The van der Waals surface area contributed by atoms with Crippen LogP contribution in [0.3, 0.4) is 0 Å². The van der Waals surface area contributed by atoms with E-state index < -0.39 is 0 Å². The first-order chi connectivity index (χ1) is 5.33. The SMILES string of the molecule is CCCCCCCBr.CCO. The van der Waals surface area contributed by atoms with Gasteiger partial charge in [-0.15, -0.1) is 0 Å². The summed E-state index contributed by atoms with van der Waals surface area (Å²) in [4.78, 5) is 0. The van der Waals surface area contributed by atoms with E-state index in [0.717, 1.165) is 0 Å². The molecule has 0 saturated heterocycles. The number of hydrogen-bond acceptors (Lipinski definition) is 1. The number of aliphatic hydroxyl groups excluding tert-OH is 1. The average Bonchev–Trinajstić information content (AvgIpc) is 2.00. The zero-order valence-corrected chi connectivity index (χ0v) is 9.36. The Bertz CT molecular complexity index is 42.8. The fourth-order valence-electron chi connectivity index (χ4n) is 0.698. The van der Waals surface area contributed by atoms with Gasteiger partial charge in [0.1, 0.15) is 0 Å². The van der Waals surface area contributed by atoms with Crippen LogP contribution >= 0.6 is 15.9 Å². The van der Waals surface area contributed by atoms with E-state index in [-0.39, 0.29) is 6.61 Å². The van der Waals surface area contributed by atoms with Crippen LogP contribution in [-0.2, 0) is 0 Å². The molecule has 0 bridgehead atoms. The minimum Gasteiger partial charge on any atom is -0.397 e. The summed E-state index contributed by atoms with van der Waals surface area (Å²) in [6.45, 7) is 4.17. The van der Waals surface area contributed by atoms with Crippen LogP contribution in [0.25, 0.3) is 0 Å². The molecule has 0 aromatic carbocycles. The standard InChI is InChI=1S/C7H15Br.C2H6O/c1-2-3-4-5-6-7-8;1-2-3/h2-7H2,1H3;3H,2H2,1H3. The summed E-state index contributed by atoms with van der Waals surface area (Å²) >= 11 is 3.40. The third kappa shape index (κ3) is 25.1. The van der Waals surface area contributed by atoms with Crippen LogP contribution in [-0.4, -0.2) is 17.0 Å². The Labute approximate surface area is 79.3 Å². The van der Waals surface area contributed by atoms with Crippen molar-refractivity contribution in [3.05, 3.63) is 0 Å².